The van der Waals surface area contributed by atoms with Gasteiger partial charge in [0.05, 0.1) is 0 Å². The maximum Gasteiger partial charge on any atom is 0.254 e. The number of hydrogen-bond acceptors (Lipinski definition) is 3. The van der Waals surface area contributed by atoms with Crippen LogP contribution in [0, 0.1) is 11.8 Å². The summed E-state index contributed by atoms with van der Waals surface area (Å²) in [6, 6.07) is 9.06. The van der Waals surface area contributed by atoms with E-state index in [1.807, 2.05) is 35.2 Å². The van der Waals surface area contributed by atoms with Crippen LogP contribution in [0.2, 0.25) is 0 Å². The van der Waals surface area contributed by atoms with Gasteiger partial charge < -0.3 is 15.1 Å². The second-order valence-corrected chi connectivity index (χ2v) is 7.60. The first kappa shape index (κ1) is 16.6. The Morgan fingerprint density at radius 2 is 1.60 bits per heavy atom. The van der Waals surface area contributed by atoms with E-state index < -0.39 is 0 Å². The predicted molar refractivity (Wildman–Crippen MR) is 96.2 cm³/mol. The van der Waals surface area contributed by atoms with Gasteiger partial charge in [-0.05, 0) is 62.7 Å². The number of nitrogens with one attached hydrogen (secondary N) is 1. The minimum absolute atomic E-state index is 0.00709. The van der Waals surface area contributed by atoms with Gasteiger partial charge in [0.2, 0.25) is 5.91 Å². The zero-order valence-electron chi connectivity index (χ0n) is 14.7. The van der Waals surface area contributed by atoms with Gasteiger partial charge in [0, 0.05) is 25.2 Å². The lowest BCUT2D eigenvalue weighted by atomic mass is 9.92. The number of amides is 2. The van der Waals surface area contributed by atoms with Crippen LogP contribution in [0.1, 0.15) is 36.0 Å². The van der Waals surface area contributed by atoms with Crippen LogP contribution in [-0.2, 0) is 4.79 Å². The van der Waals surface area contributed by atoms with Gasteiger partial charge in [-0.25, -0.2) is 0 Å². The largest absolute Gasteiger partial charge is 0.341 e. The Morgan fingerprint density at radius 1 is 0.920 bits per heavy atom. The average Bonchev–Trinajstić information content (AvgIpc) is 3.27. The van der Waals surface area contributed by atoms with E-state index in [1.54, 1.807) is 4.90 Å². The molecule has 1 aromatic carbocycles. The molecule has 1 unspecified atom stereocenters. The monoisotopic (exact) mass is 341 g/mol. The molecular weight excluding hydrogens is 314 g/mol. The molecule has 5 heteroatoms. The van der Waals surface area contributed by atoms with E-state index >= 15 is 0 Å². The molecule has 0 aliphatic carbocycles. The molecule has 3 aliphatic heterocycles. The summed E-state index contributed by atoms with van der Waals surface area (Å²) in [5.41, 5.74) is 0.679. The molecule has 1 aromatic rings. The zero-order chi connectivity index (χ0) is 17.2. The van der Waals surface area contributed by atoms with Gasteiger partial charge in [-0.15, -0.1) is 0 Å². The predicted octanol–water partition coefficient (Wildman–Crippen LogP) is 1.75. The lowest BCUT2D eigenvalue weighted by Crippen LogP contribution is -2.48. The summed E-state index contributed by atoms with van der Waals surface area (Å²) >= 11 is 0. The summed E-state index contributed by atoms with van der Waals surface area (Å²) in [6.45, 7) is 4.55. The molecule has 25 heavy (non-hydrogen) atoms. The summed E-state index contributed by atoms with van der Waals surface area (Å²) in [6.07, 6.45) is 3.88. The fourth-order valence-electron chi connectivity index (χ4n) is 4.66. The Labute approximate surface area is 149 Å². The van der Waals surface area contributed by atoms with Crippen molar-refractivity contribution in [1.82, 2.24) is 15.1 Å². The van der Waals surface area contributed by atoms with Crippen molar-refractivity contribution in [2.75, 3.05) is 32.7 Å². The maximum atomic E-state index is 13.1. The van der Waals surface area contributed by atoms with Gasteiger partial charge in [-0.3, -0.25) is 9.59 Å². The van der Waals surface area contributed by atoms with Crippen molar-refractivity contribution >= 4 is 11.8 Å². The topological polar surface area (TPSA) is 52.7 Å². The van der Waals surface area contributed by atoms with Crippen LogP contribution in [0.4, 0.5) is 0 Å². The van der Waals surface area contributed by atoms with E-state index in [0.29, 0.717) is 23.9 Å². The zero-order valence-corrected chi connectivity index (χ0v) is 14.7. The van der Waals surface area contributed by atoms with Crippen LogP contribution in [0.5, 0.6) is 0 Å². The third-order valence-electron chi connectivity index (χ3n) is 6.15. The Balaban J connectivity index is 1.44. The van der Waals surface area contributed by atoms with Crippen molar-refractivity contribution in [3.05, 3.63) is 35.9 Å². The van der Waals surface area contributed by atoms with Crippen molar-refractivity contribution in [3.63, 3.8) is 0 Å². The second kappa shape index (κ2) is 7.16. The van der Waals surface area contributed by atoms with Gasteiger partial charge in [0.15, 0.2) is 0 Å². The molecule has 0 spiro atoms. The molecule has 134 valence electrons. The first-order valence-electron chi connectivity index (χ1n) is 9.59. The van der Waals surface area contributed by atoms with E-state index in [-0.39, 0.29) is 17.9 Å². The number of carbonyl (C=O) groups is 2. The van der Waals surface area contributed by atoms with E-state index in [9.17, 15) is 9.59 Å². The summed E-state index contributed by atoms with van der Waals surface area (Å²) < 4.78 is 0. The number of fused-ring (bicyclic) bond motifs is 1. The van der Waals surface area contributed by atoms with Crippen molar-refractivity contribution in [2.45, 2.75) is 31.7 Å². The SMILES string of the molecule is O=C(C1CCCN1C(=O)c1ccccc1)N1CC[C@@H]2CNC[C@@H]2CC1. The average molecular weight is 341 g/mol. The standard InChI is InChI=1S/C20H27N3O2/c24-19(15-5-2-1-3-6-15)23-10-4-7-18(23)20(25)22-11-8-16-13-21-14-17(16)9-12-22/h1-3,5-6,16-18,21H,4,7-14H2/t16-,17+,18?. The highest BCUT2D eigenvalue weighted by molar-refractivity contribution is 5.97. The highest BCUT2D eigenvalue weighted by Gasteiger charge is 2.38. The summed E-state index contributed by atoms with van der Waals surface area (Å²) in [5.74, 6) is 1.58. The highest BCUT2D eigenvalue weighted by atomic mass is 16.2. The second-order valence-electron chi connectivity index (χ2n) is 7.60. The van der Waals surface area contributed by atoms with E-state index in [2.05, 4.69) is 5.32 Å². The Hall–Kier alpha value is -1.88. The molecule has 0 radical (unpaired) electrons. The molecule has 3 fully saturated rings. The molecule has 3 atom stereocenters. The van der Waals surface area contributed by atoms with Crippen molar-refractivity contribution < 1.29 is 9.59 Å². The van der Waals surface area contributed by atoms with E-state index in [1.165, 1.54) is 0 Å². The fraction of sp³-hybridized carbons (Fsp3) is 0.600. The first-order valence-corrected chi connectivity index (χ1v) is 9.59. The molecule has 1 N–H and O–H groups in total. The number of likely N-dealkylation sites (tertiary alicyclic amines) is 2. The molecule has 3 saturated heterocycles. The lowest BCUT2D eigenvalue weighted by molar-refractivity contribution is -0.135. The third kappa shape index (κ3) is 3.30. The Kier molecular flexibility index (Phi) is 4.75. The summed E-state index contributed by atoms with van der Waals surface area (Å²) in [4.78, 5) is 29.8. The third-order valence-corrected chi connectivity index (χ3v) is 6.15. The molecule has 0 bridgehead atoms. The number of hydrogen-bond donors (Lipinski definition) is 1. The molecule has 3 heterocycles. The molecular formula is C20H27N3O2. The van der Waals surface area contributed by atoms with Crippen LogP contribution in [0.3, 0.4) is 0 Å². The molecule has 3 aliphatic rings. The van der Waals surface area contributed by atoms with E-state index in [4.69, 9.17) is 0 Å². The number of nitrogens with zero attached hydrogens (tertiary/aromatic N) is 2. The van der Waals surface area contributed by atoms with E-state index in [0.717, 1.165) is 51.9 Å². The minimum Gasteiger partial charge on any atom is -0.341 e. The normalized spacial score (nSPS) is 29.4. The van der Waals surface area contributed by atoms with Crippen LogP contribution in [0.25, 0.3) is 0 Å². The Morgan fingerprint density at radius 3 is 2.28 bits per heavy atom. The van der Waals surface area contributed by atoms with Gasteiger partial charge in [-0.1, -0.05) is 18.2 Å². The quantitative estimate of drug-likeness (QED) is 0.892. The number of benzene rings is 1. The molecule has 0 aromatic heterocycles. The van der Waals surface area contributed by atoms with Crippen LogP contribution in [-0.4, -0.2) is 60.4 Å². The smallest absolute Gasteiger partial charge is 0.254 e. The van der Waals surface area contributed by atoms with Gasteiger partial charge in [0.1, 0.15) is 6.04 Å². The van der Waals surface area contributed by atoms with Crippen LogP contribution in [0.15, 0.2) is 30.3 Å². The molecule has 4 rings (SSSR count). The van der Waals surface area contributed by atoms with Crippen molar-refractivity contribution in [2.24, 2.45) is 11.8 Å². The summed E-state index contributed by atoms with van der Waals surface area (Å²) in [5, 5.41) is 3.48. The fourth-order valence-corrected chi connectivity index (χ4v) is 4.66. The van der Waals surface area contributed by atoms with Crippen LogP contribution >= 0.6 is 0 Å². The number of rotatable bonds is 2. The van der Waals surface area contributed by atoms with Gasteiger partial charge >= 0.3 is 0 Å². The maximum absolute atomic E-state index is 13.1. The molecule has 0 saturated carbocycles. The summed E-state index contributed by atoms with van der Waals surface area (Å²) in [7, 11) is 0. The van der Waals surface area contributed by atoms with Crippen molar-refractivity contribution in [3.8, 4) is 0 Å². The van der Waals surface area contributed by atoms with Crippen molar-refractivity contribution in [1.29, 1.82) is 0 Å². The van der Waals surface area contributed by atoms with Gasteiger partial charge in [-0.2, -0.15) is 0 Å². The highest BCUT2D eigenvalue weighted by Crippen LogP contribution is 2.29. The Bertz CT molecular complexity index is 619. The first-order chi connectivity index (χ1) is 12.2. The van der Waals surface area contributed by atoms with Gasteiger partial charge in [0.25, 0.3) is 5.91 Å². The van der Waals surface area contributed by atoms with Crippen LogP contribution < -0.4 is 5.32 Å². The number of carbonyl (C=O) groups excluding carboxylic acids is 2. The molecule has 2 amide bonds. The lowest BCUT2D eigenvalue weighted by Gasteiger charge is -2.30. The molecule has 5 nitrogen and oxygen atoms in total. The minimum atomic E-state index is -0.274.